The van der Waals surface area contributed by atoms with E-state index < -0.39 is 16.4 Å². The van der Waals surface area contributed by atoms with Crippen LogP contribution in [0.25, 0.3) is 0 Å². The second kappa shape index (κ2) is 7.83. The Bertz CT molecular complexity index is 1110. The Balaban J connectivity index is 1.87. The van der Waals surface area contributed by atoms with Crippen molar-refractivity contribution in [2.75, 3.05) is 5.32 Å². The van der Waals surface area contributed by atoms with E-state index in [0.717, 1.165) is 0 Å². The number of halogens is 1. The molecule has 0 aliphatic rings. The minimum atomic E-state index is -0.665. The fourth-order valence-corrected chi connectivity index (χ4v) is 2.67. The van der Waals surface area contributed by atoms with E-state index in [1.807, 2.05) is 0 Å². The van der Waals surface area contributed by atoms with Crippen molar-refractivity contribution in [3.05, 3.63) is 104 Å². The third-order valence-corrected chi connectivity index (χ3v) is 4.21. The topological polar surface area (TPSA) is 94.2 Å². The number of hydrogen-bond acceptors (Lipinski definition) is 4. The molecule has 2 aromatic carbocycles. The lowest BCUT2D eigenvalue weighted by atomic mass is 10.1. The zero-order valence-electron chi connectivity index (χ0n) is 14.9. The molecule has 28 heavy (non-hydrogen) atoms. The molecular formula is C20H16FN3O4. The molecular weight excluding hydrogens is 365 g/mol. The maximum atomic E-state index is 13.0. The van der Waals surface area contributed by atoms with Crippen LogP contribution in [0.1, 0.15) is 21.5 Å². The van der Waals surface area contributed by atoms with E-state index in [1.54, 1.807) is 25.1 Å². The molecule has 0 radical (unpaired) electrons. The van der Waals surface area contributed by atoms with E-state index in [1.165, 1.54) is 47.2 Å². The molecule has 8 heteroatoms. The highest BCUT2D eigenvalue weighted by atomic mass is 19.1. The van der Waals surface area contributed by atoms with Gasteiger partial charge in [-0.1, -0.05) is 18.2 Å². The number of carbonyl (C=O) groups is 1. The van der Waals surface area contributed by atoms with Crippen molar-refractivity contribution in [1.29, 1.82) is 0 Å². The molecule has 0 spiro atoms. The van der Waals surface area contributed by atoms with E-state index in [9.17, 15) is 24.1 Å². The third kappa shape index (κ3) is 4.12. The van der Waals surface area contributed by atoms with E-state index >= 15 is 0 Å². The number of nitrogens with one attached hydrogen (secondary N) is 1. The Morgan fingerprint density at radius 3 is 2.57 bits per heavy atom. The number of non-ortho nitro benzene ring substituents is 1. The van der Waals surface area contributed by atoms with Crippen molar-refractivity contribution in [1.82, 2.24) is 4.57 Å². The number of aryl methyl sites for hydroxylation is 1. The molecule has 0 fully saturated rings. The predicted octanol–water partition coefficient (Wildman–Crippen LogP) is 3.50. The average Bonchev–Trinajstić information content (AvgIpc) is 2.66. The summed E-state index contributed by atoms with van der Waals surface area (Å²) < 4.78 is 14.4. The first-order valence-electron chi connectivity index (χ1n) is 8.35. The molecule has 1 amide bonds. The first-order valence-corrected chi connectivity index (χ1v) is 8.35. The fraction of sp³-hybridized carbons (Fsp3) is 0.100. The van der Waals surface area contributed by atoms with Crippen molar-refractivity contribution < 1.29 is 14.1 Å². The smallest absolute Gasteiger partial charge is 0.271 e. The summed E-state index contributed by atoms with van der Waals surface area (Å²) in [5.41, 5.74) is 0.801. The van der Waals surface area contributed by atoms with E-state index in [4.69, 9.17) is 0 Å². The molecule has 0 bridgehead atoms. The largest absolute Gasteiger partial charge is 0.321 e. The standard InChI is InChI=1S/C20H16FN3O4/c1-13-4-9-16(24(27)28)11-18(13)22-19(25)17-3-2-10-23(20(17)26)12-14-5-7-15(21)8-6-14/h2-11H,12H2,1H3,(H,22,25). The minimum Gasteiger partial charge on any atom is -0.321 e. The van der Waals surface area contributed by atoms with Crippen LogP contribution in [0.3, 0.4) is 0 Å². The lowest BCUT2D eigenvalue weighted by molar-refractivity contribution is -0.384. The van der Waals surface area contributed by atoms with Gasteiger partial charge in [0.1, 0.15) is 11.4 Å². The van der Waals surface area contributed by atoms with Gasteiger partial charge in [-0.15, -0.1) is 0 Å². The highest BCUT2D eigenvalue weighted by molar-refractivity contribution is 6.04. The number of anilines is 1. The van der Waals surface area contributed by atoms with Gasteiger partial charge in [-0.3, -0.25) is 19.7 Å². The number of amides is 1. The number of rotatable bonds is 5. The summed E-state index contributed by atoms with van der Waals surface area (Å²) in [4.78, 5) is 35.6. The second-order valence-electron chi connectivity index (χ2n) is 6.19. The Labute approximate surface area is 159 Å². The lowest BCUT2D eigenvalue weighted by Gasteiger charge is -2.10. The molecule has 142 valence electrons. The van der Waals surface area contributed by atoms with Gasteiger partial charge in [-0.05, 0) is 42.3 Å². The summed E-state index contributed by atoms with van der Waals surface area (Å²) in [7, 11) is 0. The molecule has 1 N–H and O–H groups in total. The van der Waals surface area contributed by atoms with Gasteiger partial charge in [0.2, 0.25) is 0 Å². The number of nitro benzene ring substituents is 1. The third-order valence-electron chi connectivity index (χ3n) is 4.21. The summed E-state index contributed by atoms with van der Waals surface area (Å²) in [6.07, 6.45) is 1.53. The summed E-state index contributed by atoms with van der Waals surface area (Å²) in [5.74, 6) is -1.04. The van der Waals surface area contributed by atoms with Gasteiger partial charge in [0, 0.05) is 18.3 Å². The van der Waals surface area contributed by atoms with Crippen LogP contribution in [0.5, 0.6) is 0 Å². The molecule has 0 aliphatic carbocycles. The zero-order chi connectivity index (χ0) is 20.3. The van der Waals surface area contributed by atoms with E-state index in [2.05, 4.69) is 5.32 Å². The molecule has 3 aromatic rings. The number of nitrogens with zero attached hydrogens (tertiary/aromatic N) is 2. The molecule has 1 heterocycles. The summed E-state index contributed by atoms with van der Waals surface area (Å²) in [6.45, 7) is 1.87. The van der Waals surface area contributed by atoms with Crippen LogP contribution in [0.4, 0.5) is 15.8 Å². The first-order chi connectivity index (χ1) is 13.3. The fourth-order valence-electron chi connectivity index (χ4n) is 2.67. The molecule has 1 aromatic heterocycles. The zero-order valence-corrected chi connectivity index (χ0v) is 14.9. The van der Waals surface area contributed by atoms with Gasteiger partial charge in [0.05, 0.1) is 17.2 Å². The van der Waals surface area contributed by atoms with Crippen LogP contribution in [0, 0.1) is 22.9 Å². The Morgan fingerprint density at radius 2 is 1.89 bits per heavy atom. The molecule has 0 saturated heterocycles. The lowest BCUT2D eigenvalue weighted by Crippen LogP contribution is -2.29. The number of nitro groups is 1. The first kappa shape index (κ1) is 19.0. The normalized spacial score (nSPS) is 10.5. The monoisotopic (exact) mass is 381 g/mol. The quantitative estimate of drug-likeness (QED) is 0.541. The van der Waals surface area contributed by atoms with E-state index in [-0.39, 0.29) is 29.3 Å². The average molecular weight is 381 g/mol. The van der Waals surface area contributed by atoms with Crippen molar-refractivity contribution >= 4 is 17.3 Å². The van der Waals surface area contributed by atoms with Gasteiger partial charge in [0.25, 0.3) is 17.2 Å². The maximum Gasteiger partial charge on any atom is 0.271 e. The number of hydrogen-bond donors (Lipinski definition) is 1. The van der Waals surface area contributed by atoms with Crippen molar-refractivity contribution in [3.8, 4) is 0 Å². The molecule has 7 nitrogen and oxygen atoms in total. The van der Waals surface area contributed by atoms with Gasteiger partial charge in [-0.2, -0.15) is 0 Å². The number of benzene rings is 2. The minimum absolute atomic E-state index is 0.101. The molecule has 0 saturated carbocycles. The van der Waals surface area contributed by atoms with Crippen LogP contribution in [-0.2, 0) is 6.54 Å². The van der Waals surface area contributed by atoms with Gasteiger partial charge in [0.15, 0.2) is 0 Å². The number of carbonyl (C=O) groups excluding carboxylic acids is 1. The summed E-state index contributed by atoms with van der Waals surface area (Å²) >= 11 is 0. The molecule has 0 atom stereocenters. The summed E-state index contributed by atoms with van der Waals surface area (Å²) in [5, 5.41) is 13.5. The Hall–Kier alpha value is -3.81. The Morgan fingerprint density at radius 1 is 1.18 bits per heavy atom. The van der Waals surface area contributed by atoms with Crippen LogP contribution >= 0.6 is 0 Å². The maximum absolute atomic E-state index is 13.0. The second-order valence-corrected chi connectivity index (χ2v) is 6.19. The predicted molar refractivity (Wildman–Crippen MR) is 102 cm³/mol. The SMILES string of the molecule is Cc1ccc([N+](=O)[O-])cc1NC(=O)c1cccn(Cc2ccc(F)cc2)c1=O. The summed E-state index contributed by atoms with van der Waals surface area (Å²) in [6, 6.07) is 12.7. The molecule has 0 unspecified atom stereocenters. The van der Waals surface area contributed by atoms with Crippen molar-refractivity contribution in [2.24, 2.45) is 0 Å². The Kier molecular flexibility index (Phi) is 5.30. The van der Waals surface area contributed by atoms with Crippen molar-refractivity contribution in [2.45, 2.75) is 13.5 Å². The van der Waals surface area contributed by atoms with Crippen LogP contribution in [0.2, 0.25) is 0 Å². The highest BCUT2D eigenvalue weighted by Crippen LogP contribution is 2.22. The molecule has 0 aliphatic heterocycles. The number of pyridine rings is 1. The molecule has 3 rings (SSSR count). The van der Waals surface area contributed by atoms with Gasteiger partial charge < -0.3 is 9.88 Å². The van der Waals surface area contributed by atoms with Gasteiger partial charge >= 0.3 is 0 Å². The van der Waals surface area contributed by atoms with E-state index in [0.29, 0.717) is 11.1 Å². The number of aromatic nitrogens is 1. The van der Waals surface area contributed by atoms with Crippen molar-refractivity contribution in [3.63, 3.8) is 0 Å². The van der Waals surface area contributed by atoms with Crippen LogP contribution in [-0.4, -0.2) is 15.4 Å². The van der Waals surface area contributed by atoms with Crippen LogP contribution < -0.4 is 10.9 Å². The van der Waals surface area contributed by atoms with Crippen LogP contribution in [0.15, 0.2) is 65.6 Å². The highest BCUT2D eigenvalue weighted by Gasteiger charge is 2.16. The van der Waals surface area contributed by atoms with Gasteiger partial charge in [-0.25, -0.2) is 4.39 Å².